The Hall–Kier alpha value is -2.87. The largest absolute Gasteiger partial charge is 0.507 e. The third-order valence-corrected chi connectivity index (χ3v) is 5.21. The molecule has 3 rings (SSSR count). The van der Waals surface area contributed by atoms with E-state index in [4.69, 9.17) is 4.74 Å². The first kappa shape index (κ1) is 18.9. The number of amides is 2. The number of esters is 1. The van der Waals surface area contributed by atoms with E-state index in [0.717, 1.165) is 5.56 Å². The smallest absolute Gasteiger partial charge is 0.342 e. The molecule has 7 nitrogen and oxygen atoms in total. The summed E-state index contributed by atoms with van der Waals surface area (Å²) in [4.78, 5) is 40.6. The van der Waals surface area contributed by atoms with Crippen LogP contribution in [-0.2, 0) is 9.53 Å². The Labute approximate surface area is 160 Å². The van der Waals surface area contributed by atoms with Crippen LogP contribution in [0.3, 0.4) is 0 Å². The molecule has 1 aliphatic rings. The van der Waals surface area contributed by atoms with Crippen LogP contribution >= 0.6 is 11.3 Å². The Morgan fingerprint density at radius 3 is 2.48 bits per heavy atom. The predicted molar refractivity (Wildman–Crippen MR) is 99.9 cm³/mol. The van der Waals surface area contributed by atoms with Crippen molar-refractivity contribution in [2.45, 2.75) is 6.92 Å². The van der Waals surface area contributed by atoms with E-state index in [0.29, 0.717) is 31.1 Å². The number of piperazine rings is 1. The maximum Gasteiger partial charge on any atom is 0.342 e. The normalized spacial score (nSPS) is 14.1. The zero-order chi connectivity index (χ0) is 19.4. The summed E-state index contributed by atoms with van der Waals surface area (Å²) in [5.74, 6) is -1.27. The van der Waals surface area contributed by atoms with Gasteiger partial charge in [0.2, 0.25) is 0 Å². The van der Waals surface area contributed by atoms with Crippen LogP contribution in [-0.4, -0.2) is 65.5 Å². The number of phenols is 1. The highest BCUT2D eigenvalue weighted by Crippen LogP contribution is 2.19. The third-order valence-electron chi connectivity index (χ3n) is 4.35. The molecule has 27 heavy (non-hydrogen) atoms. The second-order valence-electron chi connectivity index (χ2n) is 6.25. The fraction of sp³-hybridized carbons (Fsp3) is 0.316. The summed E-state index contributed by atoms with van der Waals surface area (Å²) in [6, 6.07) is 8.21. The number of carbonyl (C=O) groups excluding carboxylic acids is 3. The fourth-order valence-corrected chi connectivity index (χ4v) is 3.52. The molecule has 0 radical (unpaired) electrons. The number of ether oxygens (including phenoxy) is 1. The van der Waals surface area contributed by atoms with Crippen LogP contribution in [0.1, 0.15) is 25.6 Å². The summed E-state index contributed by atoms with van der Waals surface area (Å²) in [5, 5.41) is 11.6. The van der Waals surface area contributed by atoms with Crippen LogP contribution in [0, 0.1) is 6.92 Å². The lowest BCUT2D eigenvalue weighted by molar-refractivity contribution is -0.136. The van der Waals surface area contributed by atoms with Crippen molar-refractivity contribution < 1.29 is 24.2 Å². The number of aryl methyl sites for hydroxylation is 1. The van der Waals surface area contributed by atoms with Gasteiger partial charge in [-0.1, -0.05) is 17.7 Å². The number of aromatic hydroxyl groups is 1. The Balaban J connectivity index is 1.49. The molecule has 8 heteroatoms. The van der Waals surface area contributed by atoms with Gasteiger partial charge in [0.05, 0.1) is 4.88 Å². The van der Waals surface area contributed by atoms with E-state index < -0.39 is 12.6 Å². The molecule has 0 aliphatic carbocycles. The average Bonchev–Trinajstić information content (AvgIpc) is 3.22. The van der Waals surface area contributed by atoms with E-state index >= 15 is 0 Å². The molecule has 2 aromatic rings. The Bertz CT molecular complexity index is 842. The fourth-order valence-electron chi connectivity index (χ4n) is 2.82. The Kier molecular flexibility index (Phi) is 5.75. The van der Waals surface area contributed by atoms with Gasteiger partial charge in [-0.25, -0.2) is 4.79 Å². The van der Waals surface area contributed by atoms with Crippen molar-refractivity contribution in [1.82, 2.24) is 9.80 Å². The molecule has 1 aromatic heterocycles. The van der Waals surface area contributed by atoms with Gasteiger partial charge < -0.3 is 19.6 Å². The topological polar surface area (TPSA) is 87.2 Å². The number of phenolic OH excluding ortho intramolecular Hbond substituents is 1. The summed E-state index contributed by atoms with van der Waals surface area (Å²) in [6.07, 6.45) is 0. The molecule has 2 heterocycles. The van der Waals surface area contributed by atoms with Crippen molar-refractivity contribution in [2.24, 2.45) is 0 Å². The van der Waals surface area contributed by atoms with Crippen molar-refractivity contribution in [2.75, 3.05) is 32.8 Å². The van der Waals surface area contributed by atoms with Crippen LogP contribution in [0.25, 0.3) is 0 Å². The van der Waals surface area contributed by atoms with Gasteiger partial charge >= 0.3 is 5.97 Å². The van der Waals surface area contributed by atoms with Crippen molar-refractivity contribution in [3.8, 4) is 5.75 Å². The molecule has 0 spiro atoms. The van der Waals surface area contributed by atoms with E-state index in [9.17, 15) is 19.5 Å². The van der Waals surface area contributed by atoms with Crippen LogP contribution < -0.4 is 0 Å². The number of thiophene rings is 1. The minimum atomic E-state index is -0.740. The lowest BCUT2D eigenvalue weighted by Crippen LogP contribution is -2.51. The highest BCUT2D eigenvalue weighted by molar-refractivity contribution is 7.12. The zero-order valence-corrected chi connectivity index (χ0v) is 15.7. The van der Waals surface area contributed by atoms with Gasteiger partial charge in [0, 0.05) is 26.2 Å². The summed E-state index contributed by atoms with van der Waals surface area (Å²) in [5.41, 5.74) is 0.840. The molecule has 1 fully saturated rings. The van der Waals surface area contributed by atoms with Gasteiger partial charge in [0.25, 0.3) is 11.8 Å². The number of carbonyl (C=O) groups is 3. The summed E-state index contributed by atoms with van der Waals surface area (Å²) < 4.78 is 5.04. The van der Waals surface area contributed by atoms with Crippen LogP contribution in [0.2, 0.25) is 0 Å². The summed E-state index contributed by atoms with van der Waals surface area (Å²) in [6.45, 7) is 3.06. The SMILES string of the molecule is Cc1ccc(O)c(C(=O)OCC(=O)N2CCN(C(=O)c3cccs3)CC2)c1. The second-order valence-corrected chi connectivity index (χ2v) is 7.19. The van der Waals surface area contributed by atoms with Gasteiger partial charge in [-0.2, -0.15) is 0 Å². The number of rotatable bonds is 4. The molecule has 0 unspecified atom stereocenters. The predicted octanol–water partition coefficient (Wildman–Crippen LogP) is 1.90. The molecule has 0 atom stereocenters. The first-order chi connectivity index (χ1) is 13.0. The number of hydrogen-bond acceptors (Lipinski definition) is 6. The number of nitrogens with zero attached hydrogens (tertiary/aromatic N) is 2. The van der Waals surface area contributed by atoms with E-state index in [1.54, 1.807) is 28.9 Å². The lowest BCUT2D eigenvalue weighted by atomic mass is 10.1. The van der Waals surface area contributed by atoms with Crippen molar-refractivity contribution in [3.63, 3.8) is 0 Å². The number of hydrogen-bond donors (Lipinski definition) is 1. The third kappa shape index (κ3) is 4.46. The average molecular weight is 388 g/mol. The molecule has 0 bridgehead atoms. The minimum Gasteiger partial charge on any atom is -0.507 e. The molecule has 1 aliphatic heterocycles. The van der Waals surface area contributed by atoms with Gasteiger partial charge in [0.1, 0.15) is 11.3 Å². The zero-order valence-electron chi connectivity index (χ0n) is 14.9. The maximum absolute atomic E-state index is 12.3. The Morgan fingerprint density at radius 1 is 1.11 bits per heavy atom. The molecule has 1 aromatic carbocycles. The van der Waals surface area contributed by atoms with E-state index in [1.165, 1.54) is 23.5 Å². The van der Waals surface area contributed by atoms with Gasteiger partial charge in [-0.15, -0.1) is 11.3 Å². The van der Waals surface area contributed by atoms with Crippen LogP contribution in [0.5, 0.6) is 5.75 Å². The minimum absolute atomic E-state index is 0.0292. The highest BCUT2D eigenvalue weighted by Gasteiger charge is 2.26. The highest BCUT2D eigenvalue weighted by atomic mass is 32.1. The first-order valence-corrected chi connectivity index (χ1v) is 9.41. The van der Waals surface area contributed by atoms with E-state index in [1.807, 2.05) is 11.4 Å². The molecule has 1 saturated heterocycles. The summed E-state index contributed by atoms with van der Waals surface area (Å²) >= 11 is 1.39. The van der Waals surface area contributed by atoms with Gasteiger partial charge in [-0.05, 0) is 30.5 Å². The van der Waals surface area contributed by atoms with Crippen molar-refractivity contribution in [1.29, 1.82) is 0 Å². The second kappa shape index (κ2) is 8.22. The molecule has 142 valence electrons. The molecular weight excluding hydrogens is 368 g/mol. The van der Waals surface area contributed by atoms with Crippen molar-refractivity contribution in [3.05, 3.63) is 51.7 Å². The Morgan fingerprint density at radius 2 is 1.81 bits per heavy atom. The molecule has 1 N–H and O–H groups in total. The first-order valence-electron chi connectivity index (χ1n) is 8.53. The standard InChI is InChI=1S/C19H20N2O5S/c1-13-4-5-15(22)14(11-13)19(25)26-12-17(23)20-6-8-21(9-7-20)18(24)16-3-2-10-27-16/h2-5,10-11,22H,6-9,12H2,1H3. The van der Waals surface area contributed by atoms with Crippen molar-refractivity contribution >= 4 is 29.1 Å². The van der Waals surface area contributed by atoms with Crippen LogP contribution in [0.15, 0.2) is 35.7 Å². The van der Waals surface area contributed by atoms with Crippen LogP contribution in [0.4, 0.5) is 0 Å². The maximum atomic E-state index is 12.3. The monoisotopic (exact) mass is 388 g/mol. The van der Waals surface area contributed by atoms with Gasteiger partial charge in [0.15, 0.2) is 6.61 Å². The molecule has 2 amide bonds. The van der Waals surface area contributed by atoms with E-state index in [-0.39, 0.29) is 23.1 Å². The number of benzene rings is 1. The summed E-state index contributed by atoms with van der Waals surface area (Å²) in [7, 11) is 0. The quantitative estimate of drug-likeness (QED) is 0.809. The molecular formula is C19H20N2O5S. The molecule has 0 saturated carbocycles. The lowest BCUT2D eigenvalue weighted by Gasteiger charge is -2.34. The van der Waals surface area contributed by atoms with Gasteiger partial charge in [-0.3, -0.25) is 9.59 Å². The van der Waals surface area contributed by atoms with E-state index in [2.05, 4.69) is 0 Å².